The van der Waals surface area contributed by atoms with Gasteiger partial charge in [-0.25, -0.2) is 0 Å². The molecule has 1 atom stereocenters. The summed E-state index contributed by atoms with van der Waals surface area (Å²) in [5, 5.41) is 7.96. The predicted molar refractivity (Wildman–Crippen MR) is 78.5 cm³/mol. The lowest BCUT2D eigenvalue weighted by Crippen LogP contribution is -2.30. The maximum atomic E-state index is 4.44. The third-order valence-corrected chi connectivity index (χ3v) is 4.88. The number of aromatic nitrogens is 2. The highest BCUT2D eigenvalue weighted by atomic mass is 79.9. The fourth-order valence-corrected chi connectivity index (χ4v) is 3.69. The van der Waals surface area contributed by atoms with E-state index in [1.807, 2.05) is 6.20 Å². The highest BCUT2D eigenvalue weighted by Crippen LogP contribution is 2.38. The Kier molecular flexibility index (Phi) is 4.84. The monoisotopic (exact) mass is 313 g/mol. The normalized spacial score (nSPS) is 26.2. The molecule has 1 unspecified atom stereocenters. The molecule has 1 aromatic heterocycles. The van der Waals surface area contributed by atoms with Gasteiger partial charge in [0.1, 0.15) is 0 Å². The van der Waals surface area contributed by atoms with E-state index in [0.29, 0.717) is 6.04 Å². The molecule has 1 heterocycles. The van der Waals surface area contributed by atoms with Crippen molar-refractivity contribution in [2.45, 2.75) is 52.1 Å². The Balaban J connectivity index is 2.19. The van der Waals surface area contributed by atoms with Gasteiger partial charge in [0.15, 0.2) is 0 Å². The van der Waals surface area contributed by atoms with E-state index in [2.05, 4.69) is 51.9 Å². The van der Waals surface area contributed by atoms with Crippen molar-refractivity contribution in [3.8, 4) is 0 Å². The second kappa shape index (κ2) is 6.20. The van der Waals surface area contributed by atoms with Crippen molar-refractivity contribution >= 4 is 15.9 Å². The molecular weight excluding hydrogens is 290 g/mol. The highest BCUT2D eigenvalue weighted by Gasteiger charge is 2.29. The Morgan fingerprint density at radius 3 is 2.67 bits per heavy atom. The number of aryl methyl sites for hydroxylation is 1. The molecule has 102 valence electrons. The fourth-order valence-electron chi connectivity index (χ4n) is 3.15. The van der Waals surface area contributed by atoms with E-state index in [-0.39, 0.29) is 0 Å². The van der Waals surface area contributed by atoms with Crippen LogP contribution in [0.15, 0.2) is 10.7 Å². The minimum Gasteiger partial charge on any atom is -0.311 e. The number of hydrogen-bond acceptors (Lipinski definition) is 2. The van der Waals surface area contributed by atoms with Crippen LogP contribution in [0.2, 0.25) is 0 Å². The van der Waals surface area contributed by atoms with Gasteiger partial charge in [0, 0.05) is 6.54 Å². The Morgan fingerprint density at radius 2 is 2.11 bits per heavy atom. The molecule has 0 aromatic carbocycles. The van der Waals surface area contributed by atoms with Crippen LogP contribution >= 0.6 is 15.9 Å². The van der Waals surface area contributed by atoms with E-state index < -0.39 is 0 Å². The van der Waals surface area contributed by atoms with Crippen LogP contribution in [0, 0.1) is 11.8 Å². The summed E-state index contributed by atoms with van der Waals surface area (Å²) in [4.78, 5) is 0. The van der Waals surface area contributed by atoms with Crippen LogP contribution in [-0.2, 0) is 6.54 Å². The number of nitrogens with one attached hydrogen (secondary N) is 1. The average Bonchev–Trinajstić information content (AvgIpc) is 2.74. The van der Waals surface area contributed by atoms with Gasteiger partial charge in [-0.15, -0.1) is 0 Å². The Bertz CT molecular complexity index is 380. The molecule has 1 aliphatic rings. The largest absolute Gasteiger partial charge is 0.311 e. The molecule has 2 rings (SSSR count). The van der Waals surface area contributed by atoms with Crippen LogP contribution in [-0.4, -0.2) is 16.8 Å². The molecule has 0 amide bonds. The molecule has 18 heavy (non-hydrogen) atoms. The van der Waals surface area contributed by atoms with Crippen molar-refractivity contribution in [2.75, 3.05) is 7.05 Å². The lowest BCUT2D eigenvalue weighted by molar-refractivity contribution is 0.230. The second-order valence-corrected chi connectivity index (χ2v) is 6.33. The van der Waals surface area contributed by atoms with Crippen LogP contribution in [0.1, 0.15) is 51.3 Å². The second-order valence-electron chi connectivity index (χ2n) is 5.48. The molecule has 1 saturated carbocycles. The summed E-state index contributed by atoms with van der Waals surface area (Å²) in [5.41, 5.74) is 1.32. The molecule has 0 spiro atoms. The molecule has 1 fully saturated rings. The standard InChI is InChI=1S/C14H24BrN3/c1-4-18-14(12(15)9-17-18)13(16-3)11-7-5-10(2)6-8-11/h9-11,13,16H,4-8H2,1-3H3. The maximum absolute atomic E-state index is 4.44. The number of hydrogen-bond donors (Lipinski definition) is 1. The molecular formula is C14H24BrN3. The molecule has 1 aliphatic carbocycles. The van der Waals surface area contributed by atoms with Crippen LogP contribution in [0.5, 0.6) is 0 Å². The number of rotatable bonds is 4. The van der Waals surface area contributed by atoms with E-state index in [4.69, 9.17) is 0 Å². The summed E-state index contributed by atoms with van der Waals surface area (Å²) in [7, 11) is 2.07. The van der Waals surface area contributed by atoms with Gasteiger partial charge in [-0.2, -0.15) is 5.10 Å². The topological polar surface area (TPSA) is 29.9 Å². The van der Waals surface area contributed by atoms with Crippen molar-refractivity contribution in [2.24, 2.45) is 11.8 Å². The van der Waals surface area contributed by atoms with Gasteiger partial charge in [0.2, 0.25) is 0 Å². The van der Waals surface area contributed by atoms with Gasteiger partial charge < -0.3 is 5.32 Å². The number of halogens is 1. The minimum atomic E-state index is 0.425. The van der Waals surface area contributed by atoms with Crippen molar-refractivity contribution in [3.63, 3.8) is 0 Å². The van der Waals surface area contributed by atoms with E-state index >= 15 is 0 Å². The Morgan fingerprint density at radius 1 is 1.44 bits per heavy atom. The molecule has 1 N–H and O–H groups in total. The highest BCUT2D eigenvalue weighted by molar-refractivity contribution is 9.10. The zero-order valence-electron chi connectivity index (χ0n) is 11.6. The fraction of sp³-hybridized carbons (Fsp3) is 0.786. The van der Waals surface area contributed by atoms with E-state index in [1.54, 1.807) is 0 Å². The average molecular weight is 314 g/mol. The van der Waals surface area contributed by atoms with E-state index in [9.17, 15) is 0 Å². The molecule has 4 heteroatoms. The summed E-state index contributed by atoms with van der Waals surface area (Å²) in [6.45, 7) is 5.46. The summed E-state index contributed by atoms with van der Waals surface area (Å²) in [5.74, 6) is 1.64. The van der Waals surface area contributed by atoms with Crippen molar-refractivity contribution in [1.29, 1.82) is 0 Å². The predicted octanol–water partition coefficient (Wildman–Crippen LogP) is 3.75. The van der Waals surface area contributed by atoms with Gasteiger partial charge >= 0.3 is 0 Å². The molecule has 0 radical (unpaired) electrons. The van der Waals surface area contributed by atoms with Gasteiger partial charge in [0.05, 0.1) is 22.4 Å². The first-order chi connectivity index (χ1) is 8.67. The molecule has 1 aromatic rings. The molecule has 0 bridgehead atoms. The molecule has 3 nitrogen and oxygen atoms in total. The molecule has 0 aliphatic heterocycles. The van der Waals surface area contributed by atoms with Crippen LogP contribution in [0.4, 0.5) is 0 Å². The van der Waals surface area contributed by atoms with Crippen LogP contribution in [0.3, 0.4) is 0 Å². The van der Waals surface area contributed by atoms with Crippen molar-refractivity contribution in [1.82, 2.24) is 15.1 Å². The minimum absolute atomic E-state index is 0.425. The molecule has 0 saturated heterocycles. The van der Waals surface area contributed by atoms with E-state index in [1.165, 1.54) is 31.4 Å². The zero-order chi connectivity index (χ0) is 13.1. The van der Waals surface area contributed by atoms with Crippen LogP contribution in [0.25, 0.3) is 0 Å². The van der Waals surface area contributed by atoms with Gasteiger partial charge in [-0.1, -0.05) is 19.8 Å². The first-order valence-corrected chi connectivity index (χ1v) is 7.85. The van der Waals surface area contributed by atoms with Crippen LogP contribution < -0.4 is 5.32 Å². The van der Waals surface area contributed by atoms with Crippen molar-refractivity contribution in [3.05, 3.63) is 16.4 Å². The smallest absolute Gasteiger partial charge is 0.0698 e. The SMILES string of the molecule is CCn1ncc(Br)c1C(NC)C1CCC(C)CC1. The van der Waals surface area contributed by atoms with Gasteiger partial charge in [0.25, 0.3) is 0 Å². The maximum Gasteiger partial charge on any atom is 0.0698 e. The zero-order valence-corrected chi connectivity index (χ0v) is 13.2. The summed E-state index contributed by atoms with van der Waals surface area (Å²) in [6, 6.07) is 0.425. The third kappa shape index (κ3) is 2.80. The quantitative estimate of drug-likeness (QED) is 0.917. The Hall–Kier alpha value is -0.350. The summed E-state index contributed by atoms with van der Waals surface area (Å²) < 4.78 is 3.26. The Labute approximate surface area is 118 Å². The first kappa shape index (κ1) is 14.1. The third-order valence-electron chi connectivity index (χ3n) is 4.27. The van der Waals surface area contributed by atoms with Crippen molar-refractivity contribution < 1.29 is 0 Å². The summed E-state index contributed by atoms with van der Waals surface area (Å²) >= 11 is 3.65. The van der Waals surface area contributed by atoms with Gasteiger partial charge in [-0.3, -0.25) is 4.68 Å². The van der Waals surface area contributed by atoms with E-state index in [0.717, 1.165) is 22.9 Å². The van der Waals surface area contributed by atoms with Gasteiger partial charge in [-0.05, 0) is 54.6 Å². The lowest BCUT2D eigenvalue weighted by Gasteiger charge is -2.33. The first-order valence-electron chi connectivity index (χ1n) is 7.05. The summed E-state index contributed by atoms with van der Waals surface area (Å²) in [6.07, 6.45) is 7.30. The lowest BCUT2D eigenvalue weighted by atomic mass is 9.78. The number of nitrogens with zero attached hydrogens (tertiary/aromatic N) is 2.